The van der Waals surface area contributed by atoms with Gasteiger partial charge in [0.25, 0.3) is 0 Å². The number of nitrogens with zero attached hydrogens (tertiary/aromatic N) is 3. The molecule has 1 N–H and O–H groups in total. The molecule has 2 heterocycles. The molecule has 1 aromatic heterocycles. The molecule has 1 aliphatic rings. The van der Waals surface area contributed by atoms with Crippen LogP contribution < -0.4 is 15.0 Å². The van der Waals surface area contributed by atoms with Gasteiger partial charge in [0.05, 0.1) is 26.0 Å². The van der Waals surface area contributed by atoms with Crippen LogP contribution in [0.4, 0.5) is 11.5 Å². The van der Waals surface area contributed by atoms with Gasteiger partial charge in [-0.1, -0.05) is 36.4 Å². The number of ether oxygens (including phenoxy) is 2. The highest BCUT2D eigenvalue weighted by Crippen LogP contribution is 2.32. The van der Waals surface area contributed by atoms with Gasteiger partial charge in [-0.25, -0.2) is 0 Å². The van der Waals surface area contributed by atoms with Crippen LogP contribution in [0.3, 0.4) is 0 Å². The van der Waals surface area contributed by atoms with Crippen LogP contribution in [-0.2, 0) is 16.1 Å². The maximum atomic E-state index is 12.7. The van der Waals surface area contributed by atoms with E-state index in [9.17, 15) is 4.79 Å². The Kier molecular flexibility index (Phi) is 5.99. The van der Waals surface area contributed by atoms with E-state index < -0.39 is 0 Å². The molecule has 0 radical (unpaired) electrons. The number of aromatic nitrogens is 2. The van der Waals surface area contributed by atoms with E-state index in [1.807, 2.05) is 42.6 Å². The first-order valence-electron chi connectivity index (χ1n) is 10.0. The summed E-state index contributed by atoms with van der Waals surface area (Å²) in [6.07, 6.45) is 1.95. The van der Waals surface area contributed by atoms with E-state index in [-0.39, 0.29) is 12.5 Å². The van der Waals surface area contributed by atoms with Gasteiger partial charge in [-0.15, -0.1) is 0 Å². The average molecular weight is 406 g/mol. The number of anilines is 2. The third kappa shape index (κ3) is 4.31. The van der Waals surface area contributed by atoms with E-state index >= 15 is 0 Å². The van der Waals surface area contributed by atoms with Crippen molar-refractivity contribution < 1.29 is 14.3 Å². The van der Waals surface area contributed by atoms with Gasteiger partial charge < -0.3 is 19.7 Å². The lowest BCUT2D eigenvalue weighted by atomic mass is 10.0. The Morgan fingerprint density at radius 2 is 1.83 bits per heavy atom. The number of carbonyl (C=O) groups excluding carboxylic acids is 1. The van der Waals surface area contributed by atoms with Crippen molar-refractivity contribution in [3.05, 3.63) is 60.3 Å². The molecule has 1 aliphatic heterocycles. The lowest BCUT2D eigenvalue weighted by molar-refractivity contribution is -0.116. The summed E-state index contributed by atoms with van der Waals surface area (Å²) in [7, 11) is 1.58. The molecular weight excluding hydrogens is 380 g/mol. The smallest absolute Gasteiger partial charge is 0.246 e. The number of carbonyl (C=O) groups is 1. The molecule has 156 valence electrons. The highest BCUT2D eigenvalue weighted by Gasteiger charge is 2.21. The number of hydrogen-bond acceptors (Lipinski definition) is 5. The predicted molar refractivity (Wildman–Crippen MR) is 117 cm³/mol. The van der Waals surface area contributed by atoms with E-state index in [1.165, 1.54) is 5.56 Å². The lowest BCUT2D eigenvalue weighted by Crippen LogP contribution is -2.36. The molecule has 1 amide bonds. The number of methoxy groups -OCH3 is 1. The molecular formula is C23H26N4O3. The molecule has 4 rings (SSSR count). The highest BCUT2D eigenvalue weighted by molar-refractivity contribution is 5.92. The first-order chi connectivity index (χ1) is 14.7. The van der Waals surface area contributed by atoms with Gasteiger partial charge >= 0.3 is 0 Å². The van der Waals surface area contributed by atoms with E-state index in [4.69, 9.17) is 14.6 Å². The summed E-state index contributed by atoms with van der Waals surface area (Å²) in [4.78, 5) is 14.9. The standard InChI is InChI=1S/C23H26N4O3/c1-17-7-3-4-8-18(17)19-15-27(25-23(19)26-11-13-30-14-12-26)16-22(28)24-20-9-5-6-10-21(20)29-2/h3-10,15H,11-14,16H2,1-2H3,(H,24,28). The van der Waals surface area contributed by atoms with Gasteiger partial charge in [-0.3, -0.25) is 9.48 Å². The highest BCUT2D eigenvalue weighted by atomic mass is 16.5. The van der Waals surface area contributed by atoms with Crippen molar-refractivity contribution in [1.29, 1.82) is 0 Å². The maximum Gasteiger partial charge on any atom is 0.246 e. The number of rotatable bonds is 6. The Morgan fingerprint density at radius 1 is 1.10 bits per heavy atom. The van der Waals surface area contributed by atoms with Crippen molar-refractivity contribution >= 4 is 17.4 Å². The molecule has 0 atom stereocenters. The number of nitrogens with one attached hydrogen (secondary N) is 1. The van der Waals surface area contributed by atoms with E-state index in [0.717, 1.165) is 30.0 Å². The van der Waals surface area contributed by atoms with Gasteiger partial charge in [0.15, 0.2) is 5.82 Å². The lowest BCUT2D eigenvalue weighted by Gasteiger charge is -2.27. The normalized spacial score (nSPS) is 13.9. The topological polar surface area (TPSA) is 68.6 Å². The number of hydrogen-bond donors (Lipinski definition) is 1. The van der Waals surface area contributed by atoms with Gasteiger partial charge in [0.2, 0.25) is 5.91 Å². The molecule has 2 aromatic carbocycles. The second-order valence-electron chi connectivity index (χ2n) is 7.23. The second-order valence-corrected chi connectivity index (χ2v) is 7.23. The minimum Gasteiger partial charge on any atom is -0.495 e. The molecule has 7 heteroatoms. The molecule has 0 unspecified atom stereocenters. The van der Waals surface area contributed by atoms with Crippen molar-refractivity contribution in [3.8, 4) is 16.9 Å². The van der Waals surface area contributed by atoms with Gasteiger partial charge in [0, 0.05) is 24.8 Å². The minimum absolute atomic E-state index is 0.112. The van der Waals surface area contributed by atoms with Crippen LogP contribution in [0.25, 0.3) is 11.1 Å². The first-order valence-corrected chi connectivity index (χ1v) is 10.0. The van der Waals surface area contributed by atoms with E-state index in [0.29, 0.717) is 24.7 Å². The molecule has 0 aliphatic carbocycles. The monoisotopic (exact) mass is 406 g/mol. The Labute approximate surface area is 176 Å². The number of morpholine rings is 1. The summed E-state index contributed by atoms with van der Waals surface area (Å²) >= 11 is 0. The number of aryl methyl sites for hydroxylation is 1. The fraction of sp³-hybridized carbons (Fsp3) is 0.304. The molecule has 7 nitrogen and oxygen atoms in total. The van der Waals surface area contributed by atoms with Crippen LogP contribution in [0.5, 0.6) is 5.75 Å². The zero-order chi connectivity index (χ0) is 20.9. The third-order valence-corrected chi connectivity index (χ3v) is 5.17. The summed E-state index contributed by atoms with van der Waals surface area (Å²) in [5.41, 5.74) is 3.96. The number of amides is 1. The summed E-state index contributed by atoms with van der Waals surface area (Å²) in [5, 5.41) is 7.68. The molecule has 3 aromatic rings. The van der Waals surface area contributed by atoms with E-state index in [2.05, 4.69) is 29.3 Å². The molecule has 30 heavy (non-hydrogen) atoms. The number of benzene rings is 2. The Bertz CT molecular complexity index is 1020. The van der Waals surface area contributed by atoms with Gasteiger partial charge in [0.1, 0.15) is 12.3 Å². The van der Waals surface area contributed by atoms with Crippen LogP contribution in [0.1, 0.15) is 5.56 Å². The van der Waals surface area contributed by atoms with Crippen molar-refractivity contribution in [2.24, 2.45) is 0 Å². The Hall–Kier alpha value is -3.32. The summed E-state index contributed by atoms with van der Waals surface area (Å²) in [6, 6.07) is 15.6. The number of para-hydroxylation sites is 2. The van der Waals surface area contributed by atoms with Crippen LogP contribution in [0.15, 0.2) is 54.7 Å². The largest absolute Gasteiger partial charge is 0.495 e. The Balaban J connectivity index is 1.60. The summed E-state index contributed by atoms with van der Waals surface area (Å²) in [5.74, 6) is 1.35. The molecule has 0 spiro atoms. The minimum atomic E-state index is -0.160. The third-order valence-electron chi connectivity index (χ3n) is 5.17. The van der Waals surface area contributed by atoms with Gasteiger partial charge in [-0.05, 0) is 30.2 Å². The van der Waals surface area contributed by atoms with Crippen molar-refractivity contribution in [1.82, 2.24) is 9.78 Å². The zero-order valence-electron chi connectivity index (χ0n) is 17.3. The predicted octanol–water partition coefficient (Wildman–Crippen LogP) is 3.34. The second kappa shape index (κ2) is 9.00. The average Bonchev–Trinajstić information content (AvgIpc) is 3.18. The van der Waals surface area contributed by atoms with E-state index in [1.54, 1.807) is 11.8 Å². The van der Waals surface area contributed by atoms with Gasteiger partial charge in [-0.2, -0.15) is 5.10 Å². The molecule has 1 fully saturated rings. The zero-order valence-corrected chi connectivity index (χ0v) is 17.3. The van der Waals surface area contributed by atoms with Crippen molar-refractivity contribution in [2.75, 3.05) is 43.6 Å². The van der Waals surface area contributed by atoms with Crippen molar-refractivity contribution in [3.63, 3.8) is 0 Å². The van der Waals surface area contributed by atoms with Crippen LogP contribution in [-0.4, -0.2) is 49.1 Å². The van der Waals surface area contributed by atoms with Crippen LogP contribution >= 0.6 is 0 Å². The van der Waals surface area contributed by atoms with Crippen LogP contribution in [0.2, 0.25) is 0 Å². The quantitative estimate of drug-likeness (QED) is 0.680. The molecule has 0 bridgehead atoms. The molecule has 0 saturated carbocycles. The Morgan fingerprint density at radius 3 is 2.60 bits per heavy atom. The first kappa shape index (κ1) is 20.0. The molecule has 1 saturated heterocycles. The fourth-order valence-electron chi connectivity index (χ4n) is 3.65. The van der Waals surface area contributed by atoms with Crippen molar-refractivity contribution in [2.45, 2.75) is 13.5 Å². The fourth-order valence-corrected chi connectivity index (χ4v) is 3.65. The SMILES string of the molecule is COc1ccccc1NC(=O)Cn1cc(-c2ccccc2C)c(N2CCOCC2)n1. The maximum absolute atomic E-state index is 12.7. The van der Waals surface area contributed by atoms with Crippen LogP contribution in [0, 0.1) is 6.92 Å². The summed E-state index contributed by atoms with van der Waals surface area (Å²) < 4.78 is 12.5. The summed E-state index contributed by atoms with van der Waals surface area (Å²) in [6.45, 7) is 5.11.